The first-order valence-corrected chi connectivity index (χ1v) is 10.2. The summed E-state index contributed by atoms with van der Waals surface area (Å²) in [6.45, 7) is 0.505. The summed E-state index contributed by atoms with van der Waals surface area (Å²) in [6, 6.07) is 14.4. The molecule has 3 nitrogen and oxygen atoms in total. The van der Waals surface area contributed by atoms with Crippen molar-refractivity contribution in [2.75, 3.05) is 5.32 Å². The number of aromatic nitrogens is 2. The van der Waals surface area contributed by atoms with Crippen LogP contribution in [0.5, 0.6) is 0 Å². The van der Waals surface area contributed by atoms with E-state index in [1.54, 1.807) is 12.3 Å². The van der Waals surface area contributed by atoms with Gasteiger partial charge in [-0.25, -0.2) is 9.37 Å². The minimum Gasteiger partial charge on any atom is -0.366 e. The lowest BCUT2D eigenvalue weighted by Gasteiger charge is -2.12. The topological polar surface area (TPSA) is 37.8 Å². The highest BCUT2D eigenvalue weighted by Gasteiger charge is 2.17. The maximum Gasteiger partial charge on any atom is 0.126 e. The van der Waals surface area contributed by atoms with Crippen LogP contribution in [0.2, 0.25) is 5.02 Å². The van der Waals surface area contributed by atoms with Gasteiger partial charge in [-0.1, -0.05) is 55.5 Å². The van der Waals surface area contributed by atoms with E-state index in [9.17, 15) is 4.39 Å². The Morgan fingerprint density at radius 2 is 1.89 bits per heavy atom. The van der Waals surface area contributed by atoms with Crippen molar-refractivity contribution in [1.29, 1.82) is 0 Å². The van der Waals surface area contributed by atoms with Gasteiger partial charge >= 0.3 is 0 Å². The molecule has 0 unspecified atom stereocenters. The molecule has 1 aliphatic carbocycles. The second-order valence-electron chi connectivity index (χ2n) is 7.40. The van der Waals surface area contributed by atoms with Crippen LogP contribution in [0.1, 0.15) is 36.9 Å². The van der Waals surface area contributed by atoms with Gasteiger partial charge in [-0.3, -0.25) is 4.98 Å². The number of hydrogen-bond acceptors (Lipinski definition) is 3. The van der Waals surface area contributed by atoms with Crippen LogP contribution in [-0.4, -0.2) is 9.97 Å². The monoisotopic (exact) mass is 395 g/mol. The SMILES string of the molecule is Fc1cccc(CNc2cccc(-c3cc(CC4CCCC4)ncc3Cl)n2)c1. The Morgan fingerprint density at radius 1 is 1.07 bits per heavy atom. The Kier molecular flexibility index (Phi) is 5.87. The quantitative estimate of drug-likeness (QED) is 0.533. The predicted molar refractivity (Wildman–Crippen MR) is 112 cm³/mol. The summed E-state index contributed by atoms with van der Waals surface area (Å²) in [6.07, 6.45) is 7.96. The Bertz CT molecular complexity index is 954. The number of anilines is 1. The minimum absolute atomic E-state index is 0.237. The van der Waals surface area contributed by atoms with Crippen molar-refractivity contribution in [2.24, 2.45) is 5.92 Å². The summed E-state index contributed by atoms with van der Waals surface area (Å²) in [5, 5.41) is 3.86. The average molecular weight is 396 g/mol. The van der Waals surface area contributed by atoms with Crippen LogP contribution >= 0.6 is 11.6 Å². The van der Waals surface area contributed by atoms with E-state index >= 15 is 0 Å². The molecule has 3 aromatic rings. The molecule has 0 bridgehead atoms. The van der Waals surface area contributed by atoms with Crippen molar-refractivity contribution in [3.63, 3.8) is 0 Å². The minimum atomic E-state index is -0.237. The third-order valence-corrected chi connectivity index (χ3v) is 5.57. The lowest BCUT2D eigenvalue weighted by atomic mass is 10.00. The summed E-state index contributed by atoms with van der Waals surface area (Å²) in [4.78, 5) is 9.22. The first kappa shape index (κ1) is 18.9. The van der Waals surface area contributed by atoms with Crippen LogP contribution in [-0.2, 0) is 13.0 Å². The molecule has 1 fully saturated rings. The van der Waals surface area contributed by atoms with E-state index in [1.165, 1.54) is 37.8 Å². The van der Waals surface area contributed by atoms with Gasteiger partial charge in [0.15, 0.2) is 0 Å². The molecule has 0 amide bonds. The first-order chi connectivity index (χ1) is 13.7. The summed E-state index contributed by atoms with van der Waals surface area (Å²) in [5.41, 5.74) is 3.66. The van der Waals surface area contributed by atoms with E-state index in [0.29, 0.717) is 11.6 Å². The van der Waals surface area contributed by atoms with Crippen LogP contribution < -0.4 is 5.32 Å². The van der Waals surface area contributed by atoms with E-state index in [2.05, 4.69) is 16.4 Å². The maximum atomic E-state index is 13.3. The van der Waals surface area contributed by atoms with Crippen LogP contribution in [0, 0.1) is 11.7 Å². The van der Waals surface area contributed by atoms with Gasteiger partial charge in [-0.15, -0.1) is 0 Å². The van der Waals surface area contributed by atoms with Gasteiger partial charge in [0.25, 0.3) is 0 Å². The van der Waals surface area contributed by atoms with Gasteiger partial charge in [-0.2, -0.15) is 0 Å². The maximum absolute atomic E-state index is 13.3. The molecule has 1 saturated carbocycles. The molecule has 2 aromatic heterocycles. The number of nitrogens with zero attached hydrogens (tertiary/aromatic N) is 2. The number of nitrogens with one attached hydrogen (secondary N) is 1. The van der Waals surface area contributed by atoms with E-state index in [4.69, 9.17) is 16.6 Å². The third-order valence-electron chi connectivity index (χ3n) is 5.27. The molecule has 0 aliphatic heterocycles. The van der Waals surface area contributed by atoms with E-state index < -0.39 is 0 Å². The predicted octanol–water partition coefficient (Wildman–Crippen LogP) is 6.28. The Hall–Kier alpha value is -2.46. The largest absolute Gasteiger partial charge is 0.366 e. The number of benzene rings is 1. The molecule has 5 heteroatoms. The fourth-order valence-corrected chi connectivity index (χ4v) is 4.02. The van der Waals surface area contributed by atoms with Gasteiger partial charge in [-0.05, 0) is 48.2 Å². The number of pyridine rings is 2. The zero-order chi connectivity index (χ0) is 19.3. The van der Waals surface area contributed by atoms with Gasteiger partial charge in [0, 0.05) is 24.0 Å². The molecule has 1 N–H and O–H groups in total. The van der Waals surface area contributed by atoms with Gasteiger partial charge in [0.1, 0.15) is 11.6 Å². The van der Waals surface area contributed by atoms with Crippen LogP contribution in [0.25, 0.3) is 11.3 Å². The molecule has 0 radical (unpaired) electrons. The van der Waals surface area contributed by atoms with E-state index in [-0.39, 0.29) is 5.82 Å². The lowest BCUT2D eigenvalue weighted by molar-refractivity contribution is 0.539. The van der Waals surface area contributed by atoms with E-state index in [0.717, 1.165) is 40.7 Å². The second-order valence-corrected chi connectivity index (χ2v) is 7.81. The van der Waals surface area contributed by atoms with Crippen molar-refractivity contribution in [3.8, 4) is 11.3 Å². The van der Waals surface area contributed by atoms with E-state index in [1.807, 2.05) is 24.3 Å². The fourth-order valence-electron chi connectivity index (χ4n) is 3.82. The summed E-state index contributed by atoms with van der Waals surface area (Å²) in [7, 11) is 0. The van der Waals surface area contributed by atoms with Crippen molar-refractivity contribution < 1.29 is 4.39 Å². The Morgan fingerprint density at radius 3 is 2.71 bits per heavy atom. The number of rotatable bonds is 6. The molecular weight excluding hydrogens is 373 g/mol. The summed E-state index contributed by atoms with van der Waals surface area (Å²) in [5.74, 6) is 1.22. The zero-order valence-electron chi connectivity index (χ0n) is 15.7. The van der Waals surface area contributed by atoms with Crippen molar-refractivity contribution >= 4 is 17.4 Å². The number of halogens is 2. The standard InChI is InChI=1S/C23H23ClFN3/c24-21-15-26-19(12-16-5-1-2-6-16)13-20(21)22-9-4-10-23(28-22)27-14-17-7-3-8-18(25)11-17/h3-4,7-11,13,15-16H,1-2,5-6,12,14H2,(H,27,28). The van der Waals surface area contributed by atoms with Gasteiger partial charge in [0.05, 0.1) is 10.7 Å². The van der Waals surface area contributed by atoms with Crippen LogP contribution in [0.4, 0.5) is 10.2 Å². The number of hydrogen-bond donors (Lipinski definition) is 1. The van der Waals surface area contributed by atoms with Crippen LogP contribution in [0.3, 0.4) is 0 Å². The molecule has 4 rings (SSSR count). The lowest BCUT2D eigenvalue weighted by Crippen LogP contribution is -2.03. The average Bonchev–Trinajstić information content (AvgIpc) is 3.21. The highest BCUT2D eigenvalue weighted by molar-refractivity contribution is 6.33. The Labute approximate surface area is 170 Å². The molecule has 2 heterocycles. The zero-order valence-corrected chi connectivity index (χ0v) is 16.4. The Balaban J connectivity index is 1.51. The summed E-state index contributed by atoms with van der Waals surface area (Å²) < 4.78 is 13.3. The van der Waals surface area contributed by atoms with Crippen molar-refractivity contribution in [2.45, 2.75) is 38.6 Å². The smallest absolute Gasteiger partial charge is 0.126 e. The highest BCUT2D eigenvalue weighted by atomic mass is 35.5. The van der Waals surface area contributed by atoms with Gasteiger partial charge in [0.2, 0.25) is 0 Å². The first-order valence-electron chi connectivity index (χ1n) is 9.77. The fraction of sp³-hybridized carbons (Fsp3) is 0.304. The van der Waals surface area contributed by atoms with Gasteiger partial charge < -0.3 is 5.32 Å². The molecule has 0 saturated heterocycles. The van der Waals surface area contributed by atoms with Crippen molar-refractivity contribution in [3.05, 3.63) is 76.8 Å². The van der Waals surface area contributed by atoms with Crippen LogP contribution in [0.15, 0.2) is 54.7 Å². The molecule has 1 aromatic carbocycles. The molecule has 1 aliphatic rings. The molecule has 0 spiro atoms. The molecule has 144 valence electrons. The third kappa shape index (κ3) is 4.68. The van der Waals surface area contributed by atoms with Crippen molar-refractivity contribution in [1.82, 2.24) is 9.97 Å². The normalized spacial score (nSPS) is 14.4. The highest BCUT2D eigenvalue weighted by Crippen LogP contribution is 2.31. The summed E-state index contributed by atoms with van der Waals surface area (Å²) >= 11 is 6.43. The molecule has 28 heavy (non-hydrogen) atoms. The second kappa shape index (κ2) is 8.70. The molecular formula is C23H23ClFN3. The molecule has 0 atom stereocenters.